The zero-order valence-corrected chi connectivity index (χ0v) is 14.0. The lowest BCUT2D eigenvalue weighted by Gasteiger charge is -2.10. The van der Waals surface area contributed by atoms with Gasteiger partial charge in [0.15, 0.2) is 0 Å². The van der Waals surface area contributed by atoms with Gasteiger partial charge in [0, 0.05) is 23.1 Å². The molecule has 9 heteroatoms. The third-order valence-electron chi connectivity index (χ3n) is 3.88. The van der Waals surface area contributed by atoms with Gasteiger partial charge in [0.2, 0.25) is 0 Å². The lowest BCUT2D eigenvalue weighted by Crippen LogP contribution is -2.22. The van der Waals surface area contributed by atoms with Crippen molar-refractivity contribution in [1.82, 2.24) is 15.2 Å². The van der Waals surface area contributed by atoms with Gasteiger partial charge in [0.1, 0.15) is 10.7 Å². The minimum Gasteiger partial charge on any atom is -0.318 e. The molecule has 2 aromatic rings. The van der Waals surface area contributed by atoms with E-state index in [9.17, 15) is 19.7 Å². The van der Waals surface area contributed by atoms with Gasteiger partial charge in [-0.15, -0.1) is 0 Å². The SMILES string of the molecule is Cc1cc(/C=C2\NC(=O)NC2=O)c(C)n1-c1ccc([N+](=O)[O-])c(Cl)c1. The van der Waals surface area contributed by atoms with E-state index in [-0.39, 0.29) is 16.4 Å². The second-order valence-corrected chi connectivity index (χ2v) is 5.93. The van der Waals surface area contributed by atoms with Gasteiger partial charge in [0.05, 0.1) is 4.92 Å². The van der Waals surface area contributed by atoms with Crippen LogP contribution >= 0.6 is 11.6 Å². The van der Waals surface area contributed by atoms with Gasteiger partial charge in [-0.3, -0.25) is 20.2 Å². The molecule has 1 aliphatic rings. The molecule has 1 aromatic heterocycles. The zero-order chi connectivity index (χ0) is 18.3. The van der Waals surface area contributed by atoms with E-state index < -0.39 is 16.9 Å². The number of aromatic nitrogens is 1. The average Bonchev–Trinajstić information content (AvgIpc) is 2.98. The van der Waals surface area contributed by atoms with Crippen molar-refractivity contribution in [2.75, 3.05) is 0 Å². The Balaban J connectivity index is 2.05. The lowest BCUT2D eigenvalue weighted by atomic mass is 10.2. The molecule has 0 aliphatic carbocycles. The first-order chi connectivity index (χ1) is 11.8. The van der Waals surface area contributed by atoms with Crippen LogP contribution in [0.15, 0.2) is 30.0 Å². The fourth-order valence-corrected chi connectivity index (χ4v) is 3.00. The van der Waals surface area contributed by atoms with E-state index in [4.69, 9.17) is 11.6 Å². The molecule has 3 rings (SSSR count). The van der Waals surface area contributed by atoms with Gasteiger partial charge in [-0.25, -0.2) is 4.79 Å². The zero-order valence-electron chi connectivity index (χ0n) is 13.3. The lowest BCUT2D eigenvalue weighted by molar-refractivity contribution is -0.384. The smallest absolute Gasteiger partial charge is 0.318 e. The molecule has 1 aromatic carbocycles. The summed E-state index contributed by atoms with van der Waals surface area (Å²) in [5.74, 6) is -0.492. The molecule has 0 radical (unpaired) electrons. The van der Waals surface area contributed by atoms with Crippen LogP contribution < -0.4 is 10.6 Å². The fraction of sp³-hybridized carbons (Fsp3) is 0.125. The van der Waals surface area contributed by atoms with Crippen molar-refractivity contribution in [2.45, 2.75) is 13.8 Å². The number of carbonyl (C=O) groups is 2. The molecular weight excluding hydrogens is 348 g/mol. The summed E-state index contributed by atoms with van der Waals surface area (Å²) < 4.78 is 1.86. The Morgan fingerprint density at radius 2 is 1.92 bits per heavy atom. The summed E-state index contributed by atoms with van der Waals surface area (Å²) >= 11 is 5.99. The number of amides is 3. The quantitative estimate of drug-likeness (QED) is 0.380. The molecule has 0 saturated carbocycles. The molecular formula is C16H13ClN4O4. The maximum Gasteiger partial charge on any atom is 0.326 e. The van der Waals surface area contributed by atoms with E-state index in [1.54, 1.807) is 12.1 Å². The second-order valence-electron chi connectivity index (χ2n) is 5.52. The highest BCUT2D eigenvalue weighted by molar-refractivity contribution is 6.32. The van der Waals surface area contributed by atoms with Crippen molar-refractivity contribution in [2.24, 2.45) is 0 Å². The van der Waals surface area contributed by atoms with Crippen molar-refractivity contribution < 1.29 is 14.5 Å². The minimum atomic E-state index is -0.563. The molecule has 2 N–H and O–H groups in total. The molecule has 0 atom stereocenters. The van der Waals surface area contributed by atoms with Crippen molar-refractivity contribution in [3.05, 3.63) is 62.1 Å². The molecule has 2 heterocycles. The third kappa shape index (κ3) is 2.99. The summed E-state index contributed by atoms with van der Waals surface area (Å²) in [6.45, 7) is 3.70. The molecule has 0 spiro atoms. The Bertz CT molecular complexity index is 961. The summed E-state index contributed by atoms with van der Waals surface area (Å²) in [4.78, 5) is 33.2. The predicted octanol–water partition coefficient (Wildman–Crippen LogP) is 2.84. The number of imide groups is 1. The predicted molar refractivity (Wildman–Crippen MR) is 91.6 cm³/mol. The third-order valence-corrected chi connectivity index (χ3v) is 4.18. The Morgan fingerprint density at radius 3 is 2.48 bits per heavy atom. The van der Waals surface area contributed by atoms with E-state index in [1.807, 2.05) is 24.5 Å². The number of nitro benzene ring substituents is 1. The fourth-order valence-electron chi connectivity index (χ4n) is 2.75. The number of nitrogens with zero attached hydrogens (tertiary/aromatic N) is 2. The molecule has 128 valence electrons. The van der Waals surface area contributed by atoms with Gasteiger partial charge in [0.25, 0.3) is 11.6 Å². The van der Waals surface area contributed by atoms with Crippen LogP contribution in [0.1, 0.15) is 17.0 Å². The summed E-state index contributed by atoms with van der Waals surface area (Å²) in [6, 6.07) is 5.74. The number of urea groups is 1. The number of hydrogen-bond donors (Lipinski definition) is 2. The number of halogens is 1. The minimum absolute atomic E-state index is 0.0392. The molecule has 25 heavy (non-hydrogen) atoms. The number of aryl methyl sites for hydroxylation is 1. The van der Waals surface area contributed by atoms with E-state index in [2.05, 4.69) is 10.6 Å². The van der Waals surface area contributed by atoms with E-state index in [1.165, 1.54) is 12.1 Å². The van der Waals surface area contributed by atoms with Crippen LogP contribution in [0.25, 0.3) is 11.8 Å². The Morgan fingerprint density at radius 1 is 1.20 bits per heavy atom. The molecule has 1 aliphatic heterocycles. The monoisotopic (exact) mass is 360 g/mol. The van der Waals surface area contributed by atoms with Crippen LogP contribution in [0.3, 0.4) is 0 Å². The van der Waals surface area contributed by atoms with Crippen LogP contribution in [0.4, 0.5) is 10.5 Å². The van der Waals surface area contributed by atoms with Crippen molar-refractivity contribution in [3.63, 3.8) is 0 Å². The molecule has 1 fully saturated rings. The normalized spacial score (nSPS) is 15.4. The molecule has 0 bridgehead atoms. The first-order valence-corrected chi connectivity index (χ1v) is 7.63. The largest absolute Gasteiger partial charge is 0.326 e. The van der Waals surface area contributed by atoms with Crippen LogP contribution in [-0.4, -0.2) is 21.4 Å². The number of carbonyl (C=O) groups excluding carboxylic acids is 2. The maximum atomic E-state index is 11.7. The molecule has 1 saturated heterocycles. The summed E-state index contributed by atoms with van der Waals surface area (Å²) in [7, 11) is 0. The van der Waals surface area contributed by atoms with Crippen LogP contribution in [0, 0.1) is 24.0 Å². The molecule has 8 nitrogen and oxygen atoms in total. The van der Waals surface area contributed by atoms with Gasteiger partial charge >= 0.3 is 6.03 Å². The first kappa shape index (κ1) is 16.7. The van der Waals surface area contributed by atoms with Gasteiger partial charge < -0.3 is 9.88 Å². The topological polar surface area (TPSA) is 106 Å². The van der Waals surface area contributed by atoms with Crippen molar-refractivity contribution in [3.8, 4) is 5.69 Å². The number of nitro groups is 1. The standard InChI is InChI=1S/C16H13ClN4O4/c1-8-5-10(6-13-15(22)19-16(23)18-13)9(2)20(8)11-3-4-14(21(24)25)12(17)7-11/h3-7H,1-2H3,(H2,18,19,22,23)/b13-6-. The molecule has 3 amide bonds. The Kier molecular flexibility index (Phi) is 4.05. The Labute approximate surface area is 147 Å². The Hall–Kier alpha value is -3.13. The van der Waals surface area contributed by atoms with E-state index in [0.29, 0.717) is 5.69 Å². The highest BCUT2D eigenvalue weighted by Crippen LogP contribution is 2.29. The van der Waals surface area contributed by atoms with E-state index in [0.717, 1.165) is 17.0 Å². The number of hydrogen-bond acceptors (Lipinski definition) is 4. The van der Waals surface area contributed by atoms with E-state index >= 15 is 0 Å². The summed E-state index contributed by atoms with van der Waals surface area (Å²) in [6.07, 6.45) is 1.58. The first-order valence-electron chi connectivity index (χ1n) is 7.25. The summed E-state index contributed by atoms with van der Waals surface area (Å²) in [5, 5.41) is 15.5. The van der Waals surface area contributed by atoms with Gasteiger partial charge in [-0.05, 0) is 43.7 Å². The van der Waals surface area contributed by atoms with Gasteiger partial charge in [-0.2, -0.15) is 0 Å². The van der Waals surface area contributed by atoms with Crippen LogP contribution in [-0.2, 0) is 4.79 Å². The van der Waals surface area contributed by atoms with Gasteiger partial charge in [-0.1, -0.05) is 11.6 Å². The van der Waals surface area contributed by atoms with Crippen molar-refractivity contribution >= 4 is 35.3 Å². The highest BCUT2D eigenvalue weighted by Gasteiger charge is 2.23. The number of rotatable bonds is 3. The average molecular weight is 361 g/mol. The summed E-state index contributed by atoms with van der Waals surface area (Å²) in [5.41, 5.74) is 3.03. The number of nitrogens with one attached hydrogen (secondary N) is 2. The molecule has 0 unspecified atom stereocenters. The van der Waals surface area contributed by atoms with Crippen LogP contribution in [0.5, 0.6) is 0 Å². The highest BCUT2D eigenvalue weighted by atomic mass is 35.5. The van der Waals surface area contributed by atoms with Crippen molar-refractivity contribution in [1.29, 1.82) is 0 Å². The maximum absolute atomic E-state index is 11.7. The second kappa shape index (κ2) is 6.06. The number of benzene rings is 1. The van der Waals surface area contributed by atoms with Crippen LogP contribution in [0.2, 0.25) is 5.02 Å².